The summed E-state index contributed by atoms with van der Waals surface area (Å²) in [7, 11) is 0. The first-order valence-corrected chi connectivity index (χ1v) is 9.87. The molecule has 0 aliphatic carbocycles. The van der Waals surface area contributed by atoms with Crippen LogP contribution in [0.5, 0.6) is 5.75 Å². The summed E-state index contributed by atoms with van der Waals surface area (Å²) in [5.74, 6) is 1.75. The monoisotopic (exact) mass is 377 g/mol. The predicted octanol–water partition coefficient (Wildman–Crippen LogP) is 2.85. The van der Waals surface area contributed by atoms with Crippen molar-refractivity contribution in [2.75, 3.05) is 31.1 Å². The molecule has 0 saturated carbocycles. The van der Waals surface area contributed by atoms with Gasteiger partial charge in [-0.05, 0) is 37.1 Å². The number of aromatic nitrogens is 3. The van der Waals surface area contributed by atoms with Gasteiger partial charge in [-0.2, -0.15) is 0 Å². The van der Waals surface area contributed by atoms with Gasteiger partial charge in [0.1, 0.15) is 11.6 Å². The van der Waals surface area contributed by atoms with Crippen LogP contribution in [0.15, 0.2) is 42.9 Å². The molecule has 0 radical (unpaired) electrons. The van der Waals surface area contributed by atoms with E-state index in [9.17, 15) is 4.79 Å². The Hall–Kier alpha value is -3.09. The van der Waals surface area contributed by atoms with Crippen LogP contribution in [-0.4, -0.2) is 58.0 Å². The van der Waals surface area contributed by atoms with E-state index in [1.807, 2.05) is 41.4 Å². The van der Waals surface area contributed by atoms with Gasteiger partial charge < -0.3 is 19.5 Å². The van der Waals surface area contributed by atoms with E-state index in [-0.39, 0.29) is 12.0 Å². The van der Waals surface area contributed by atoms with E-state index < -0.39 is 0 Å². The number of nitrogens with zero attached hydrogens (tertiary/aromatic N) is 4. The Morgan fingerprint density at radius 2 is 2.00 bits per heavy atom. The maximum Gasteiger partial charge on any atom is 0.256 e. The molecule has 0 spiro atoms. The molecule has 28 heavy (non-hydrogen) atoms. The number of rotatable bonds is 4. The number of para-hydroxylation sites is 1. The van der Waals surface area contributed by atoms with Crippen LogP contribution in [0.3, 0.4) is 0 Å². The molecule has 2 aliphatic rings. The maximum absolute atomic E-state index is 13.0. The van der Waals surface area contributed by atoms with Gasteiger partial charge in [0.15, 0.2) is 11.6 Å². The number of nitrogens with one attached hydrogen (secondary N) is 1. The highest BCUT2D eigenvalue weighted by Crippen LogP contribution is 2.30. The summed E-state index contributed by atoms with van der Waals surface area (Å²) >= 11 is 0. The van der Waals surface area contributed by atoms with Crippen molar-refractivity contribution >= 4 is 22.8 Å². The van der Waals surface area contributed by atoms with Gasteiger partial charge in [0.05, 0.1) is 24.0 Å². The minimum atomic E-state index is -0.0205. The zero-order valence-electron chi connectivity index (χ0n) is 15.7. The minimum Gasteiger partial charge on any atom is -0.485 e. The Labute approximate surface area is 163 Å². The van der Waals surface area contributed by atoms with E-state index in [0.717, 1.165) is 42.1 Å². The van der Waals surface area contributed by atoms with Crippen LogP contribution >= 0.6 is 0 Å². The second kappa shape index (κ2) is 7.14. The van der Waals surface area contributed by atoms with Crippen molar-refractivity contribution in [3.63, 3.8) is 0 Å². The summed E-state index contributed by atoms with van der Waals surface area (Å²) in [5.41, 5.74) is 2.24. The third kappa shape index (κ3) is 3.06. The standard InChI is InChI=1S/C21H23N5O2/c27-21(16-5-3-6-17-19(16)24-14-23-17)26-12-8-15(13-26)28-18-7-4-9-22-20(18)25-10-1-2-11-25/h3-7,9,14-15H,1-2,8,10-13H2,(H,23,24)/t15-/m0/s1. The van der Waals surface area contributed by atoms with Crippen molar-refractivity contribution in [2.45, 2.75) is 25.4 Å². The van der Waals surface area contributed by atoms with Crippen molar-refractivity contribution in [3.8, 4) is 5.75 Å². The fourth-order valence-electron chi connectivity index (χ4n) is 4.14. The lowest BCUT2D eigenvalue weighted by molar-refractivity contribution is 0.0774. The molecule has 4 heterocycles. The zero-order valence-corrected chi connectivity index (χ0v) is 15.7. The number of fused-ring (bicyclic) bond motifs is 1. The lowest BCUT2D eigenvalue weighted by Crippen LogP contribution is -2.31. The van der Waals surface area contributed by atoms with Gasteiger partial charge in [0.25, 0.3) is 5.91 Å². The number of carbonyl (C=O) groups is 1. The minimum absolute atomic E-state index is 0.00903. The molecule has 5 rings (SSSR count). The topological polar surface area (TPSA) is 74.3 Å². The molecule has 1 aromatic carbocycles. The maximum atomic E-state index is 13.0. The number of benzene rings is 1. The summed E-state index contributed by atoms with van der Waals surface area (Å²) in [6.07, 6.45) is 6.63. The van der Waals surface area contributed by atoms with E-state index >= 15 is 0 Å². The molecule has 1 amide bonds. The highest BCUT2D eigenvalue weighted by molar-refractivity contribution is 6.04. The molecule has 1 N–H and O–H groups in total. The van der Waals surface area contributed by atoms with Crippen molar-refractivity contribution in [1.82, 2.24) is 19.9 Å². The SMILES string of the molecule is O=C(c1cccc2[nH]cnc12)N1CC[C@H](Oc2cccnc2N2CCCC2)C1. The number of H-pyrrole nitrogens is 1. The number of ether oxygens (including phenoxy) is 1. The number of likely N-dealkylation sites (tertiary alicyclic amines) is 1. The lowest BCUT2D eigenvalue weighted by Gasteiger charge is -2.22. The number of aromatic amines is 1. The van der Waals surface area contributed by atoms with E-state index in [0.29, 0.717) is 18.7 Å². The fourth-order valence-corrected chi connectivity index (χ4v) is 4.14. The van der Waals surface area contributed by atoms with Crippen LogP contribution in [-0.2, 0) is 0 Å². The number of amides is 1. The van der Waals surface area contributed by atoms with E-state index in [2.05, 4.69) is 19.9 Å². The molecule has 2 saturated heterocycles. The summed E-state index contributed by atoms with van der Waals surface area (Å²) in [6, 6.07) is 9.54. The van der Waals surface area contributed by atoms with Gasteiger partial charge in [-0.3, -0.25) is 4.79 Å². The van der Waals surface area contributed by atoms with Crippen molar-refractivity contribution in [1.29, 1.82) is 0 Å². The molecule has 0 bridgehead atoms. The highest BCUT2D eigenvalue weighted by Gasteiger charge is 2.30. The second-order valence-electron chi connectivity index (χ2n) is 7.40. The molecule has 3 aromatic rings. The summed E-state index contributed by atoms with van der Waals surface area (Å²) in [6.45, 7) is 3.31. The Morgan fingerprint density at radius 3 is 2.89 bits per heavy atom. The lowest BCUT2D eigenvalue weighted by atomic mass is 10.1. The summed E-state index contributed by atoms with van der Waals surface area (Å²) < 4.78 is 6.29. The fraction of sp³-hybridized carbons (Fsp3) is 0.381. The predicted molar refractivity (Wildman–Crippen MR) is 107 cm³/mol. The molecule has 2 aliphatic heterocycles. The molecule has 7 nitrogen and oxygen atoms in total. The van der Waals surface area contributed by atoms with Gasteiger partial charge in [0, 0.05) is 32.3 Å². The second-order valence-corrected chi connectivity index (χ2v) is 7.40. The Balaban J connectivity index is 1.30. The molecular formula is C21H23N5O2. The van der Waals surface area contributed by atoms with Crippen LogP contribution in [0.25, 0.3) is 11.0 Å². The van der Waals surface area contributed by atoms with Crippen molar-refractivity contribution < 1.29 is 9.53 Å². The quantitative estimate of drug-likeness (QED) is 0.757. The zero-order chi connectivity index (χ0) is 18.9. The summed E-state index contributed by atoms with van der Waals surface area (Å²) in [4.78, 5) is 29.1. The van der Waals surface area contributed by atoms with E-state index in [1.54, 1.807) is 6.33 Å². The molecule has 2 fully saturated rings. The van der Waals surface area contributed by atoms with Crippen LogP contribution < -0.4 is 9.64 Å². The number of hydrogen-bond donors (Lipinski definition) is 1. The number of carbonyl (C=O) groups excluding carboxylic acids is 1. The van der Waals surface area contributed by atoms with Crippen molar-refractivity contribution in [2.24, 2.45) is 0 Å². The van der Waals surface area contributed by atoms with Crippen molar-refractivity contribution in [3.05, 3.63) is 48.4 Å². The van der Waals surface area contributed by atoms with Gasteiger partial charge in [-0.1, -0.05) is 6.07 Å². The van der Waals surface area contributed by atoms with Crippen LogP contribution in [0.1, 0.15) is 29.6 Å². The van der Waals surface area contributed by atoms with E-state index in [4.69, 9.17) is 4.74 Å². The summed E-state index contributed by atoms with van der Waals surface area (Å²) in [5, 5.41) is 0. The van der Waals surface area contributed by atoms with Crippen LogP contribution in [0.2, 0.25) is 0 Å². The molecular weight excluding hydrogens is 354 g/mol. The first-order valence-electron chi connectivity index (χ1n) is 9.87. The Bertz CT molecular complexity index is 995. The highest BCUT2D eigenvalue weighted by atomic mass is 16.5. The Kier molecular flexibility index (Phi) is 4.35. The smallest absolute Gasteiger partial charge is 0.256 e. The van der Waals surface area contributed by atoms with Gasteiger partial charge in [-0.15, -0.1) is 0 Å². The average molecular weight is 377 g/mol. The normalized spacial score (nSPS) is 19.5. The molecule has 0 unspecified atom stereocenters. The van der Waals surface area contributed by atoms with Gasteiger partial charge >= 0.3 is 0 Å². The third-order valence-electron chi connectivity index (χ3n) is 5.56. The molecule has 144 valence electrons. The number of hydrogen-bond acceptors (Lipinski definition) is 5. The van der Waals surface area contributed by atoms with Gasteiger partial charge in [-0.25, -0.2) is 9.97 Å². The van der Waals surface area contributed by atoms with Crippen LogP contribution in [0, 0.1) is 0 Å². The number of anilines is 1. The van der Waals surface area contributed by atoms with E-state index in [1.165, 1.54) is 12.8 Å². The van der Waals surface area contributed by atoms with Crippen LogP contribution in [0.4, 0.5) is 5.82 Å². The Morgan fingerprint density at radius 1 is 1.11 bits per heavy atom. The molecule has 2 aromatic heterocycles. The molecule has 1 atom stereocenters. The van der Waals surface area contributed by atoms with Gasteiger partial charge in [0.2, 0.25) is 0 Å². The average Bonchev–Trinajstić information content (AvgIpc) is 3.48. The first-order chi connectivity index (χ1) is 13.8. The number of imidazole rings is 1. The largest absolute Gasteiger partial charge is 0.485 e. The molecule has 7 heteroatoms. The number of pyridine rings is 1. The third-order valence-corrected chi connectivity index (χ3v) is 5.56. The first kappa shape index (κ1) is 17.0.